The number of rotatable bonds is 1. The lowest BCUT2D eigenvalue weighted by atomic mass is 10.1. The first-order chi connectivity index (χ1) is 7.61. The molecule has 0 saturated heterocycles. The van der Waals surface area contributed by atoms with Gasteiger partial charge in [0.15, 0.2) is 0 Å². The topological polar surface area (TPSA) is 0 Å². The van der Waals surface area contributed by atoms with Gasteiger partial charge in [-0.1, -0.05) is 41.4 Å². The van der Waals surface area contributed by atoms with E-state index in [1.165, 1.54) is 0 Å². The quantitative estimate of drug-likeness (QED) is 0.453. The van der Waals surface area contributed by atoms with E-state index in [1.54, 1.807) is 0 Å². The Labute approximate surface area is 132 Å². The summed E-state index contributed by atoms with van der Waals surface area (Å²) in [5, 5.41) is 1.51. The molecule has 0 saturated carbocycles. The van der Waals surface area contributed by atoms with Crippen molar-refractivity contribution in [2.75, 3.05) is 0 Å². The first kappa shape index (κ1) is 12.9. The van der Waals surface area contributed by atoms with Crippen molar-refractivity contribution in [3.05, 3.63) is 53.6 Å². The molecule has 0 bridgehead atoms. The van der Waals surface area contributed by atoms with Crippen LogP contribution in [0.4, 0.5) is 0 Å². The number of hydrogen-bond donors (Lipinski definition) is 0. The molecule has 0 aliphatic rings. The van der Waals surface area contributed by atoms with Gasteiger partial charge in [0.1, 0.15) is 0 Å². The van der Waals surface area contributed by atoms with Crippen molar-refractivity contribution in [3.8, 4) is 11.1 Å². The highest BCUT2D eigenvalue weighted by Crippen LogP contribution is 2.37. The van der Waals surface area contributed by atoms with E-state index in [9.17, 15) is 0 Å². The van der Waals surface area contributed by atoms with Crippen LogP contribution in [0.15, 0.2) is 36.4 Å². The second kappa shape index (κ2) is 5.42. The molecule has 0 amide bonds. The van der Waals surface area contributed by atoms with Gasteiger partial charge >= 0.3 is 0 Å². The molecular formula is C12H6Cl2I2. The zero-order chi connectivity index (χ0) is 11.7. The Morgan fingerprint density at radius 1 is 0.812 bits per heavy atom. The summed E-state index contributed by atoms with van der Waals surface area (Å²) in [6.07, 6.45) is 0. The maximum absolute atomic E-state index is 6.24. The average Bonchev–Trinajstić information content (AvgIpc) is 2.24. The average molecular weight is 475 g/mol. The van der Waals surface area contributed by atoms with Gasteiger partial charge < -0.3 is 0 Å². The molecule has 0 fully saturated rings. The zero-order valence-electron chi connectivity index (χ0n) is 7.98. The van der Waals surface area contributed by atoms with Crippen LogP contribution in [-0.2, 0) is 0 Å². The highest BCUT2D eigenvalue weighted by Gasteiger charge is 2.12. The standard InChI is InChI=1S/C12H6Cl2I2/c13-8-4-2-6-10(15)11(8)7-3-1-5-9(14)12(7)16/h1-6H. The summed E-state index contributed by atoms with van der Waals surface area (Å²) in [6, 6.07) is 11.8. The first-order valence-electron chi connectivity index (χ1n) is 4.49. The van der Waals surface area contributed by atoms with E-state index in [2.05, 4.69) is 45.2 Å². The minimum atomic E-state index is 0.757. The monoisotopic (exact) mass is 474 g/mol. The largest absolute Gasteiger partial charge is 0.0836 e. The fourth-order valence-corrected chi connectivity index (χ4v) is 3.48. The second-order valence-electron chi connectivity index (χ2n) is 3.20. The lowest BCUT2D eigenvalue weighted by Gasteiger charge is -2.10. The van der Waals surface area contributed by atoms with Gasteiger partial charge in [-0.2, -0.15) is 0 Å². The van der Waals surface area contributed by atoms with Crippen molar-refractivity contribution in [3.63, 3.8) is 0 Å². The van der Waals surface area contributed by atoms with Gasteiger partial charge in [-0.3, -0.25) is 0 Å². The SMILES string of the molecule is Clc1cccc(-c2c(Cl)cccc2I)c1I. The van der Waals surface area contributed by atoms with Crippen LogP contribution in [0.5, 0.6) is 0 Å². The van der Waals surface area contributed by atoms with E-state index in [0.717, 1.165) is 28.3 Å². The highest BCUT2D eigenvalue weighted by atomic mass is 127. The first-order valence-corrected chi connectivity index (χ1v) is 7.41. The maximum Gasteiger partial charge on any atom is 0.0545 e. The molecule has 0 N–H and O–H groups in total. The Kier molecular flexibility index (Phi) is 4.38. The Morgan fingerprint density at radius 2 is 1.44 bits per heavy atom. The molecule has 0 spiro atoms. The van der Waals surface area contributed by atoms with E-state index >= 15 is 0 Å². The molecule has 4 heteroatoms. The van der Waals surface area contributed by atoms with Crippen molar-refractivity contribution in [2.24, 2.45) is 0 Å². The molecule has 2 aromatic carbocycles. The number of halogens is 4. The fourth-order valence-electron chi connectivity index (χ4n) is 1.45. The van der Waals surface area contributed by atoms with Gasteiger partial charge in [0, 0.05) is 17.7 Å². The molecule has 0 nitrogen and oxygen atoms in total. The maximum atomic E-state index is 6.24. The third-order valence-corrected chi connectivity index (χ3v) is 5.19. The van der Waals surface area contributed by atoms with Gasteiger partial charge in [-0.15, -0.1) is 0 Å². The summed E-state index contributed by atoms with van der Waals surface area (Å²) in [6.45, 7) is 0. The minimum Gasteiger partial charge on any atom is -0.0836 e. The predicted molar refractivity (Wildman–Crippen MR) is 87.3 cm³/mol. The molecule has 0 heterocycles. The Hall–Kier alpha value is 0.480. The fraction of sp³-hybridized carbons (Fsp3) is 0. The van der Waals surface area contributed by atoms with E-state index < -0.39 is 0 Å². The van der Waals surface area contributed by atoms with E-state index in [1.807, 2.05) is 36.4 Å². The van der Waals surface area contributed by atoms with Crippen LogP contribution < -0.4 is 0 Å². The van der Waals surface area contributed by atoms with Gasteiger partial charge in [-0.25, -0.2) is 0 Å². The number of benzene rings is 2. The van der Waals surface area contributed by atoms with Crippen LogP contribution >= 0.6 is 68.4 Å². The summed E-state index contributed by atoms with van der Waals surface area (Å²) in [4.78, 5) is 0. The lowest BCUT2D eigenvalue weighted by molar-refractivity contribution is 1.55. The third-order valence-electron chi connectivity index (χ3n) is 2.18. The van der Waals surface area contributed by atoms with E-state index in [0.29, 0.717) is 0 Å². The lowest BCUT2D eigenvalue weighted by Crippen LogP contribution is -1.88. The normalized spacial score (nSPS) is 10.5. The van der Waals surface area contributed by atoms with Crippen molar-refractivity contribution in [1.29, 1.82) is 0 Å². The molecule has 0 aliphatic heterocycles. The molecular weight excluding hydrogens is 469 g/mol. The van der Waals surface area contributed by atoms with Gasteiger partial charge in [-0.05, 0) is 68.9 Å². The third kappa shape index (κ3) is 2.49. The van der Waals surface area contributed by atoms with Crippen molar-refractivity contribution in [1.82, 2.24) is 0 Å². The van der Waals surface area contributed by atoms with Crippen LogP contribution in [0.2, 0.25) is 10.0 Å². The van der Waals surface area contributed by atoms with Crippen molar-refractivity contribution < 1.29 is 0 Å². The Bertz CT molecular complexity index is 518. The summed E-state index contributed by atoms with van der Waals surface area (Å²) in [5.41, 5.74) is 2.14. The van der Waals surface area contributed by atoms with Gasteiger partial charge in [0.25, 0.3) is 0 Å². The predicted octanol–water partition coefficient (Wildman–Crippen LogP) is 5.87. The van der Waals surface area contributed by atoms with Crippen molar-refractivity contribution >= 4 is 68.4 Å². The molecule has 16 heavy (non-hydrogen) atoms. The highest BCUT2D eigenvalue weighted by molar-refractivity contribution is 14.1. The summed E-state index contributed by atoms with van der Waals surface area (Å²) in [7, 11) is 0. The summed E-state index contributed by atoms with van der Waals surface area (Å²) >= 11 is 16.9. The molecule has 0 aromatic heterocycles. The molecule has 0 atom stereocenters. The molecule has 0 aliphatic carbocycles. The van der Waals surface area contributed by atoms with Crippen LogP contribution in [0.25, 0.3) is 11.1 Å². The Morgan fingerprint density at radius 3 is 2.12 bits per heavy atom. The minimum absolute atomic E-state index is 0.757. The van der Waals surface area contributed by atoms with Crippen LogP contribution in [0.3, 0.4) is 0 Å². The van der Waals surface area contributed by atoms with Gasteiger partial charge in [0.05, 0.1) is 5.02 Å². The van der Waals surface area contributed by atoms with Crippen LogP contribution in [0.1, 0.15) is 0 Å². The van der Waals surface area contributed by atoms with Crippen LogP contribution in [0, 0.1) is 7.14 Å². The molecule has 82 valence electrons. The Balaban J connectivity index is 2.73. The molecule has 0 radical (unpaired) electrons. The summed E-state index contributed by atoms with van der Waals surface area (Å²) in [5.74, 6) is 0. The van der Waals surface area contributed by atoms with Crippen molar-refractivity contribution in [2.45, 2.75) is 0 Å². The van der Waals surface area contributed by atoms with Crippen LogP contribution in [-0.4, -0.2) is 0 Å². The van der Waals surface area contributed by atoms with Gasteiger partial charge in [0.2, 0.25) is 0 Å². The molecule has 2 aromatic rings. The summed E-state index contributed by atoms with van der Waals surface area (Å²) < 4.78 is 2.16. The smallest absolute Gasteiger partial charge is 0.0545 e. The van der Waals surface area contributed by atoms with E-state index in [-0.39, 0.29) is 0 Å². The molecule has 0 unspecified atom stereocenters. The molecule has 2 rings (SSSR count). The zero-order valence-corrected chi connectivity index (χ0v) is 13.8. The van der Waals surface area contributed by atoms with E-state index in [4.69, 9.17) is 23.2 Å². The number of hydrogen-bond acceptors (Lipinski definition) is 0. The second-order valence-corrected chi connectivity index (χ2v) is 6.25.